The number of aliphatic imine (C=N–C) groups is 1. The molecule has 5 aliphatic heterocycles. The Labute approximate surface area is 393 Å². The van der Waals surface area contributed by atoms with Crippen LogP contribution < -0.4 is 25.4 Å². The van der Waals surface area contributed by atoms with Gasteiger partial charge in [0.15, 0.2) is 0 Å². The highest BCUT2D eigenvalue weighted by atomic mass is 16.5. The number of imidazole rings is 1. The van der Waals surface area contributed by atoms with E-state index in [9.17, 15) is 14.4 Å². The highest BCUT2D eigenvalue weighted by molar-refractivity contribution is 5.96. The molecule has 5 atom stereocenters. The number of nitrogens with one attached hydrogen (secondary N) is 4. The molecule has 5 aliphatic rings. The second kappa shape index (κ2) is 19.0. The number of likely N-dealkylation sites (tertiary alicyclic amines) is 2. The highest BCUT2D eigenvalue weighted by Gasteiger charge is 2.40. The largest absolute Gasteiger partial charge is 0.488 e. The zero-order valence-corrected chi connectivity index (χ0v) is 39.0. The van der Waals surface area contributed by atoms with E-state index in [0.29, 0.717) is 45.7 Å². The van der Waals surface area contributed by atoms with Crippen LogP contribution in [0.25, 0.3) is 22.4 Å². The lowest BCUT2D eigenvalue weighted by molar-refractivity contribution is -0.136. The summed E-state index contributed by atoms with van der Waals surface area (Å²) in [5.74, 6) is 3.72. The van der Waals surface area contributed by atoms with E-state index in [1.54, 1.807) is 0 Å². The average Bonchev–Trinajstić information content (AvgIpc) is 4.17. The summed E-state index contributed by atoms with van der Waals surface area (Å²) in [6.45, 7) is 11.7. The minimum Gasteiger partial charge on any atom is -0.488 e. The van der Waals surface area contributed by atoms with Crippen LogP contribution in [0.4, 0.5) is 0 Å². The van der Waals surface area contributed by atoms with Crippen molar-refractivity contribution in [1.82, 2.24) is 35.7 Å². The topological polar surface area (TPSA) is 153 Å². The van der Waals surface area contributed by atoms with Gasteiger partial charge in [-0.15, -0.1) is 0 Å². The molecule has 5 unspecified atom stereocenters. The predicted octanol–water partition coefficient (Wildman–Crippen LogP) is 8.51. The summed E-state index contributed by atoms with van der Waals surface area (Å²) in [6, 6.07) is 27.4. The zero-order valence-electron chi connectivity index (χ0n) is 39.0. The molecule has 6 heterocycles. The van der Waals surface area contributed by atoms with Crippen LogP contribution in [0.1, 0.15) is 124 Å². The molecule has 4 N–H and O–H groups in total. The second-order valence-corrected chi connectivity index (χ2v) is 19.7. The average molecular weight is 903 g/mol. The second-order valence-electron chi connectivity index (χ2n) is 19.7. The summed E-state index contributed by atoms with van der Waals surface area (Å²) in [4.78, 5) is 58.3. The summed E-state index contributed by atoms with van der Waals surface area (Å²) in [5, 5.41) is 10.1. The van der Waals surface area contributed by atoms with Gasteiger partial charge in [-0.1, -0.05) is 88.4 Å². The first kappa shape index (κ1) is 44.4. The molecule has 3 amide bonds. The Hall–Kier alpha value is -6.47. The molecule has 348 valence electrons. The van der Waals surface area contributed by atoms with Gasteiger partial charge in [0.2, 0.25) is 17.7 Å². The van der Waals surface area contributed by atoms with Crippen LogP contribution in [0.3, 0.4) is 0 Å². The van der Waals surface area contributed by atoms with E-state index in [2.05, 4.69) is 76.1 Å². The van der Waals surface area contributed by atoms with Gasteiger partial charge in [0, 0.05) is 53.7 Å². The third-order valence-electron chi connectivity index (χ3n) is 13.8. The van der Waals surface area contributed by atoms with Crippen molar-refractivity contribution in [2.24, 2.45) is 16.8 Å². The van der Waals surface area contributed by atoms with E-state index < -0.39 is 6.04 Å². The van der Waals surface area contributed by atoms with E-state index in [0.717, 1.165) is 106 Å². The third-order valence-corrected chi connectivity index (χ3v) is 13.8. The van der Waals surface area contributed by atoms with E-state index in [-0.39, 0.29) is 53.7 Å². The monoisotopic (exact) mass is 902 g/mol. The van der Waals surface area contributed by atoms with Crippen LogP contribution >= 0.6 is 0 Å². The van der Waals surface area contributed by atoms with Gasteiger partial charge < -0.3 is 35.3 Å². The van der Waals surface area contributed by atoms with Crippen LogP contribution in [-0.2, 0) is 27.6 Å². The number of hydrogen-bond acceptors (Lipinski definition) is 9. The Kier molecular flexibility index (Phi) is 12.6. The van der Waals surface area contributed by atoms with Crippen LogP contribution in [0.5, 0.6) is 11.5 Å². The molecule has 1 aromatic heterocycles. The molecule has 67 heavy (non-hydrogen) atoms. The first-order valence-corrected chi connectivity index (χ1v) is 24.2. The zero-order chi connectivity index (χ0) is 46.2. The molecule has 10 rings (SSSR count). The molecule has 13 nitrogen and oxygen atoms in total. The maximum atomic E-state index is 14.3. The van der Waals surface area contributed by atoms with Crippen molar-refractivity contribution in [2.45, 2.75) is 110 Å². The van der Waals surface area contributed by atoms with E-state index in [1.165, 1.54) is 0 Å². The third kappa shape index (κ3) is 9.30. The maximum Gasteiger partial charge on any atom is 0.250 e. The van der Waals surface area contributed by atoms with Crippen molar-refractivity contribution in [3.8, 4) is 33.9 Å². The number of nitrogens with zero attached hydrogens (tertiary/aromatic N) is 4. The normalized spacial score (nSPS) is 20.4. The Morgan fingerprint density at radius 1 is 0.761 bits per heavy atom. The predicted molar refractivity (Wildman–Crippen MR) is 258 cm³/mol. The molecular weight excluding hydrogens is 841 g/mol. The number of carbonyl (C=O) groups is 3. The number of H-pyrrole nitrogens is 1. The molecule has 0 aliphatic carbocycles. The maximum absolute atomic E-state index is 14.3. The number of hydrogen-bond donors (Lipinski definition) is 4. The molecule has 0 radical (unpaired) electrons. The van der Waals surface area contributed by atoms with Gasteiger partial charge in [-0.2, -0.15) is 0 Å². The summed E-state index contributed by atoms with van der Waals surface area (Å²) < 4.78 is 13.1. The Morgan fingerprint density at radius 3 is 2.12 bits per heavy atom. The Bertz CT molecular complexity index is 2610. The van der Waals surface area contributed by atoms with Crippen molar-refractivity contribution in [1.29, 1.82) is 0 Å². The number of ether oxygens (including phenoxy) is 2. The molecule has 2 saturated heterocycles. The van der Waals surface area contributed by atoms with Crippen LogP contribution in [-0.4, -0.2) is 75.5 Å². The molecule has 13 heteroatoms. The number of amides is 3. The van der Waals surface area contributed by atoms with Crippen molar-refractivity contribution in [2.75, 3.05) is 26.2 Å². The van der Waals surface area contributed by atoms with Crippen LogP contribution in [0, 0.1) is 11.8 Å². The van der Waals surface area contributed by atoms with Crippen molar-refractivity contribution < 1.29 is 23.9 Å². The lowest BCUT2D eigenvalue weighted by Gasteiger charge is -2.31. The first-order chi connectivity index (χ1) is 32.6. The minimum absolute atomic E-state index is 0.0775. The number of benzene rings is 4. The van der Waals surface area contributed by atoms with Crippen molar-refractivity contribution in [3.63, 3.8) is 0 Å². The number of rotatable bonds is 15. The molecule has 5 aromatic rings. The minimum atomic E-state index is -0.763. The number of aromatic amines is 1. The van der Waals surface area contributed by atoms with Crippen LogP contribution in [0.2, 0.25) is 0 Å². The fourth-order valence-corrected chi connectivity index (χ4v) is 10.7. The fourth-order valence-electron chi connectivity index (χ4n) is 10.7. The molecule has 4 aromatic carbocycles. The number of aromatic nitrogens is 2. The first-order valence-electron chi connectivity index (χ1n) is 24.2. The van der Waals surface area contributed by atoms with Gasteiger partial charge in [-0.05, 0) is 85.0 Å². The summed E-state index contributed by atoms with van der Waals surface area (Å²) in [6.07, 6.45) is 6.48. The SMILES string of the molecule is CC(C)CC(=O)NC(CN1CCCC1c1ncc(-c2cc3c4c(c2)OCc2cc(C5CN=C(C6CCCN6C(=O)C(NC(=O)CC(C)C)c6ccccc6)N5)cc(c2-4)OC3)[nH]1)c1ccccc1. The fraction of sp³-hybridized carbons (Fsp3) is 0.426. The van der Waals surface area contributed by atoms with E-state index in [4.69, 9.17) is 19.5 Å². The van der Waals surface area contributed by atoms with Gasteiger partial charge in [-0.25, -0.2) is 4.98 Å². The van der Waals surface area contributed by atoms with Gasteiger partial charge >= 0.3 is 0 Å². The number of carbonyl (C=O) groups excluding carboxylic acids is 3. The smallest absolute Gasteiger partial charge is 0.250 e. The molecule has 0 spiro atoms. The Morgan fingerprint density at radius 2 is 1.40 bits per heavy atom. The lowest BCUT2D eigenvalue weighted by atomic mass is 9.87. The van der Waals surface area contributed by atoms with Crippen molar-refractivity contribution in [3.05, 3.63) is 125 Å². The highest BCUT2D eigenvalue weighted by Crippen LogP contribution is 2.50. The molecule has 0 bridgehead atoms. The Balaban J connectivity index is 0.832. The summed E-state index contributed by atoms with van der Waals surface area (Å²) >= 11 is 0. The lowest BCUT2D eigenvalue weighted by Crippen LogP contribution is -2.49. The van der Waals surface area contributed by atoms with Crippen LogP contribution in [0.15, 0.2) is 96.1 Å². The van der Waals surface area contributed by atoms with Crippen molar-refractivity contribution >= 4 is 23.6 Å². The summed E-state index contributed by atoms with van der Waals surface area (Å²) in [5.41, 5.74) is 9.18. The van der Waals surface area contributed by atoms with E-state index in [1.807, 2.05) is 73.5 Å². The molecule has 0 saturated carbocycles. The van der Waals surface area contributed by atoms with E-state index >= 15 is 0 Å². The quantitative estimate of drug-likeness (QED) is 0.0817. The van der Waals surface area contributed by atoms with Gasteiger partial charge in [-0.3, -0.25) is 24.3 Å². The van der Waals surface area contributed by atoms with Gasteiger partial charge in [0.05, 0.1) is 42.6 Å². The molecule has 2 fully saturated rings. The number of amidine groups is 1. The standard InChI is InChI=1S/C54H62N8O5/c1-32(2)21-47(63)57-42(34-13-7-5-8-14-34)29-61-19-11-17-43(61)52-55-27-40(58-52)36-23-38-30-67-46-26-37(24-39-31-66-45(25-36)49(38)50(39)46)41-28-56-53(59-41)44-18-12-20-62(44)54(65)51(35-15-9-6-10-16-35)60-48(64)22-33(3)4/h5-10,13-16,23-27,32-33,41-44,51H,11-12,17-22,28-31H2,1-4H3,(H,55,58)(H,56,59)(H,57,63)(H,60,64). The summed E-state index contributed by atoms with van der Waals surface area (Å²) in [7, 11) is 0. The van der Waals surface area contributed by atoms with Gasteiger partial charge in [0.1, 0.15) is 42.4 Å². The molecular formula is C54H62N8O5. The van der Waals surface area contributed by atoms with Gasteiger partial charge in [0.25, 0.3) is 0 Å².